The van der Waals surface area contributed by atoms with Crippen LogP contribution in [0.4, 0.5) is 0 Å². The van der Waals surface area contributed by atoms with Gasteiger partial charge in [0.2, 0.25) is 0 Å². The number of hydrogen-bond acceptors (Lipinski definition) is 2. The second kappa shape index (κ2) is 10.1. The van der Waals surface area contributed by atoms with E-state index in [9.17, 15) is 10.3 Å². The third-order valence-corrected chi connectivity index (χ3v) is 11.4. The summed E-state index contributed by atoms with van der Waals surface area (Å²) in [4.78, 5) is 0. The van der Waals surface area contributed by atoms with Gasteiger partial charge in [0, 0.05) is 24.8 Å². The van der Waals surface area contributed by atoms with Gasteiger partial charge in [0.25, 0.3) is 0 Å². The maximum Gasteiger partial charge on any atom is 0.188 e. The summed E-state index contributed by atoms with van der Waals surface area (Å²) in [6, 6.07) is 0. The van der Waals surface area contributed by atoms with Gasteiger partial charge in [-0.3, -0.25) is 0 Å². The van der Waals surface area contributed by atoms with Crippen LogP contribution in [-0.4, -0.2) is 26.9 Å². The Bertz CT molecular complexity index is 709. The monoisotopic (exact) mass is 457 g/mol. The van der Waals surface area contributed by atoms with Gasteiger partial charge in [-0.05, 0) is 68.6 Å². The zero-order valence-corrected chi connectivity index (χ0v) is 21.8. The number of rotatable bonds is 3. The van der Waals surface area contributed by atoms with Crippen LogP contribution in [0.5, 0.6) is 0 Å². The van der Waals surface area contributed by atoms with E-state index in [-0.39, 0.29) is 16.4 Å². The molecule has 4 unspecified atom stereocenters. The van der Waals surface area contributed by atoms with Gasteiger partial charge in [0.05, 0.1) is 5.60 Å². The highest BCUT2D eigenvalue weighted by Crippen LogP contribution is 2.59. The molecule has 0 aromatic heterocycles. The van der Waals surface area contributed by atoms with Crippen molar-refractivity contribution >= 4 is 5.87 Å². The molecule has 4 atom stereocenters. The van der Waals surface area contributed by atoms with Crippen LogP contribution < -0.4 is 0 Å². The van der Waals surface area contributed by atoms with Gasteiger partial charge < -0.3 is 10.3 Å². The predicted octanol–water partition coefficient (Wildman–Crippen LogP) is 7.92. The fourth-order valence-corrected chi connectivity index (χ4v) is 8.91. The van der Waals surface area contributed by atoms with E-state index in [1.54, 1.807) is 0 Å². The molecule has 0 spiro atoms. The summed E-state index contributed by atoms with van der Waals surface area (Å²) in [7, 11) is 0. The SMILES string of the molecule is C=C=[N+]([O-])C1(C2(C)CCCCCCC2)CCC2CC(O)(C3(C)CCCCCCC3)CCC2C1. The molecular weight excluding hydrogens is 406 g/mol. The zero-order valence-electron chi connectivity index (χ0n) is 21.8. The molecule has 4 saturated carbocycles. The van der Waals surface area contributed by atoms with Gasteiger partial charge in [-0.15, -0.1) is 0 Å². The van der Waals surface area contributed by atoms with Crippen LogP contribution in [-0.2, 0) is 0 Å². The van der Waals surface area contributed by atoms with E-state index >= 15 is 0 Å². The van der Waals surface area contributed by atoms with Crippen LogP contribution in [0.25, 0.3) is 0 Å². The molecule has 3 heteroatoms. The Labute approximate surface area is 203 Å². The lowest BCUT2D eigenvalue weighted by molar-refractivity contribution is -0.578. The smallest absolute Gasteiger partial charge is 0.188 e. The van der Waals surface area contributed by atoms with Crippen LogP contribution in [0.15, 0.2) is 6.58 Å². The summed E-state index contributed by atoms with van der Waals surface area (Å²) in [6.07, 6.45) is 23.7. The van der Waals surface area contributed by atoms with Gasteiger partial charge in [0.15, 0.2) is 11.4 Å². The third kappa shape index (κ3) is 4.71. The fourth-order valence-electron chi connectivity index (χ4n) is 8.91. The molecule has 1 N–H and O–H groups in total. The van der Waals surface area contributed by atoms with Gasteiger partial charge in [-0.25, -0.2) is 0 Å². The lowest BCUT2D eigenvalue weighted by atomic mass is 9.50. The summed E-state index contributed by atoms with van der Waals surface area (Å²) >= 11 is 0. The van der Waals surface area contributed by atoms with Crippen molar-refractivity contribution in [1.29, 1.82) is 0 Å². The minimum Gasteiger partial charge on any atom is -0.615 e. The van der Waals surface area contributed by atoms with Crippen molar-refractivity contribution in [2.24, 2.45) is 22.7 Å². The van der Waals surface area contributed by atoms with Crippen molar-refractivity contribution < 1.29 is 9.85 Å². The molecule has 0 bridgehead atoms. The number of fused-ring (bicyclic) bond motifs is 1. The average molecular weight is 458 g/mol. The van der Waals surface area contributed by atoms with Gasteiger partial charge in [0.1, 0.15) is 0 Å². The second-order valence-corrected chi connectivity index (χ2v) is 13.2. The van der Waals surface area contributed by atoms with E-state index in [4.69, 9.17) is 0 Å². The Balaban J connectivity index is 1.54. The Hall–Kier alpha value is -0.790. The molecule has 0 aromatic carbocycles. The maximum atomic E-state index is 13.5. The Morgan fingerprint density at radius 2 is 1.15 bits per heavy atom. The molecule has 4 rings (SSSR count). The van der Waals surface area contributed by atoms with Crippen molar-refractivity contribution in [3.8, 4) is 0 Å². The number of nitrogens with zero attached hydrogens (tertiary/aromatic N) is 1. The standard InChI is InChI=1S/C30H51NO2/c1-4-31(33)29(27(2)17-11-7-5-8-12-18-27)21-15-26-24-30(32,22-16-25(26)23-29)28(3)19-13-9-6-10-14-20-28/h25-26,32H,1,5-24H2,2-3H3. The molecular formula is C30H51NO2. The van der Waals surface area contributed by atoms with Crippen LogP contribution in [0, 0.1) is 27.9 Å². The first-order chi connectivity index (χ1) is 15.8. The first-order valence-corrected chi connectivity index (χ1v) is 14.5. The average Bonchev–Trinajstić information content (AvgIpc) is 2.78. The number of hydroxylamine groups is 1. The van der Waals surface area contributed by atoms with Crippen LogP contribution in [0.1, 0.15) is 142 Å². The van der Waals surface area contributed by atoms with E-state index < -0.39 is 5.60 Å². The molecule has 0 aliphatic heterocycles. The summed E-state index contributed by atoms with van der Waals surface area (Å²) in [5, 5.41) is 25.5. The minimum atomic E-state index is -0.517. The van der Waals surface area contributed by atoms with Crippen molar-refractivity contribution in [3.63, 3.8) is 0 Å². The normalized spacial score (nSPS) is 39.6. The van der Waals surface area contributed by atoms with Crippen molar-refractivity contribution in [2.75, 3.05) is 0 Å². The molecule has 0 radical (unpaired) electrons. The summed E-state index contributed by atoms with van der Waals surface area (Å²) in [5.41, 5.74) is -0.758. The molecule has 0 saturated heterocycles. The number of hydrogen-bond donors (Lipinski definition) is 1. The highest BCUT2D eigenvalue weighted by molar-refractivity contribution is 5.40. The second-order valence-electron chi connectivity index (χ2n) is 13.2. The molecule has 0 heterocycles. The Morgan fingerprint density at radius 3 is 1.70 bits per heavy atom. The topological polar surface area (TPSA) is 46.3 Å². The van der Waals surface area contributed by atoms with Gasteiger partial charge in [-0.1, -0.05) is 78.1 Å². The molecule has 0 amide bonds. The van der Waals surface area contributed by atoms with Crippen LogP contribution in [0.2, 0.25) is 0 Å². The molecule has 3 nitrogen and oxygen atoms in total. The lowest BCUT2D eigenvalue weighted by Gasteiger charge is -2.57. The van der Waals surface area contributed by atoms with Crippen LogP contribution >= 0.6 is 0 Å². The molecule has 4 aliphatic rings. The van der Waals surface area contributed by atoms with Gasteiger partial charge in [-0.2, -0.15) is 4.74 Å². The zero-order chi connectivity index (χ0) is 23.6. The van der Waals surface area contributed by atoms with Crippen LogP contribution in [0.3, 0.4) is 0 Å². The number of aliphatic hydroxyl groups is 1. The largest absolute Gasteiger partial charge is 0.615 e. The maximum absolute atomic E-state index is 13.5. The first kappa shape index (κ1) is 25.3. The quantitative estimate of drug-likeness (QED) is 0.202. The Morgan fingerprint density at radius 1 is 0.697 bits per heavy atom. The molecule has 4 aliphatic carbocycles. The van der Waals surface area contributed by atoms with E-state index in [0.717, 1.165) is 51.4 Å². The van der Waals surface area contributed by atoms with E-state index in [2.05, 4.69) is 26.3 Å². The summed E-state index contributed by atoms with van der Waals surface area (Å²) in [6.45, 7) is 8.62. The molecule has 188 valence electrons. The lowest BCUT2D eigenvalue weighted by Crippen LogP contribution is -2.60. The van der Waals surface area contributed by atoms with E-state index in [1.165, 1.54) is 81.8 Å². The molecule has 4 fully saturated rings. The fraction of sp³-hybridized carbons (Fsp3) is 0.933. The minimum absolute atomic E-state index is 0.0457. The van der Waals surface area contributed by atoms with Crippen molar-refractivity contribution in [3.05, 3.63) is 11.8 Å². The first-order valence-electron chi connectivity index (χ1n) is 14.5. The molecule has 0 aromatic rings. The highest BCUT2D eigenvalue weighted by atomic mass is 16.5. The highest BCUT2D eigenvalue weighted by Gasteiger charge is 2.61. The summed E-state index contributed by atoms with van der Waals surface area (Å²) < 4.78 is 1.18. The molecule has 33 heavy (non-hydrogen) atoms. The van der Waals surface area contributed by atoms with E-state index in [1.807, 2.05) is 0 Å². The summed E-state index contributed by atoms with van der Waals surface area (Å²) in [5.74, 6) is 3.92. The third-order valence-electron chi connectivity index (χ3n) is 11.4. The van der Waals surface area contributed by atoms with Crippen molar-refractivity contribution in [1.82, 2.24) is 0 Å². The van der Waals surface area contributed by atoms with Gasteiger partial charge >= 0.3 is 0 Å². The van der Waals surface area contributed by atoms with E-state index in [0.29, 0.717) is 11.8 Å². The Kier molecular flexibility index (Phi) is 7.72. The predicted molar refractivity (Wildman–Crippen MR) is 137 cm³/mol. The van der Waals surface area contributed by atoms with Crippen molar-refractivity contribution in [2.45, 2.75) is 153 Å².